The predicted molar refractivity (Wildman–Crippen MR) is 57.2 cm³/mol. The third kappa shape index (κ3) is 2.86. The summed E-state index contributed by atoms with van der Waals surface area (Å²) in [6, 6.07) is 0. The van der Waals surface area contributed by atoms with E-state index in [0.717, 1.165) is 19.5 Å². The normalized spacial score (nSPS) is 21.1. The lowest BCUT2D eigenvalue weighted by Crippen LogP contribution is -2.28. The molecule has 1 aliphatic rings. The SMILES string of the molecule is C=C(O)C(O)CC1=C(C)CN(C)CC1. The molecule has 0 aliphatic carbocycles. The average molecular weight is 197 g/mol. The Morgan fingerprint density at radius 3 is 2.79 bits per heavy atom. The van der Waals surface area contributed by atoms with Crippen molar-refractivity contribution in [2.75, 3.05) is 20.1 Å². The third-order valence-corrected chi connectivity index (χ3v) is 2.73. The van der Waals surface area contributed by atoms with Gasteiger partial charge in [-0.3, -0.25) is 0 Å². The lowest BCUT2D eigenvalue weighted by atomic mass is 9.96. The van der Waals surface area contributed by atoms with Gasteiger partial charge in [0.1, 0.15) is 11.9 Å². The second-order valence-corrected chi connectivity index (χ2v) is 4.08. The van der Waals surface area contributed by atoms with Gasteiger partial charge in [-0.15, -0.1) is 0 Å². The van der Waals surface area contributed by atoms with Crippen LogP contribution < -0.4 is 0 Å². The first-order valence-corrected chi connectivity index (χ1v) is 4.92. The smallest absolute Gasteiger partial charge is 0.114 e. The Kier molecular flexibility index (Phi) is 3.72. The number of likely N-dealkylation sites (N-methyl/N-ethyl adjacent to an activating group) is 1. The average Bonchev–Trinajstić information content (AvgIpc) is 2.09. The molecule has 3 nitrogen and oxygen atoms in total. The van der Waals surface area contributed by atoms with Crippen molar-refractivity contribution in [3.05, 3.63) is 23.5 Å². The first kappa shape index (κ1) is 11.3. The van der Waals surface area contributed by atoms with Crippen LogP contribution in [-0.2, 0) is 0 Å². The maximum atomic E-state index is 9.47. The molecular formula is C11H19NO2. The number of aliphatic hydroxyl groups is 2. The van der Waals surface area contributed by atoms with E-state index in [1.165, 1.54) is 11.1 Å². The van der Waals surface area contributed by atoms with Gasteiger partial charge in [0, 0.05) is 19.5 Å². The number of hydrogen-bond acceptors (Lipinski definition) is 3. The second-order valence-electron chi connectivity index (χ2n) is 4.08. The van der Waals surface area contributed by atoms with E-state index in [1.807, 2.05) is 0 Å². The van der Waals surface area contributed by atoms with E-state index in [9.17, 15) is 5.11 Å². The number of nitrogens with zero attached hydrogens (tertiary/aromatic N) is 1. The highest BCUT2D eigenvalue weighted by Crippen LogP contribution is 2.22. The van der Waals surface area contributed by atoms with E-state index in [0.29, 0.717) is 6.42 Å². The molecule has 1 unspecified atom stereocenters. The third-order valence-electron chi connectivity index (χ3n) is 2.73. The minimum atomic E-state index is -0.802. The predicted octanol–water partition coefficient (Wildman–Crippen LogP) is 1.46. The van der Waals surface area contributed by atoms with Crippen molar-refractivity contribution >= 4 is 0 Å². The fourth-order valence-corrected chi connectivity index (χ4v) is 1.76. The molecule has 1 heterocycles. The van der Waals surface area contributed by atoms with Gasteiger partial charge in [0.2, 0.25) is 0 Å². The standard InChI is InChI=1S/C11H19NO2/c1-8-7-12(3)5-4-10(8)6-11(14)9(2)13/h11,13-14H,2,4-7H2,1,3H3. The van der Waals surface area contributed by atoms with E-state index in [1.54, 1.807) is 0 Å². The molecule has 2 N–H and O–H groups in total. The van der Waals surface area contributed by atoms with Crippen molar-refractivity contribution in [2.45, 2.75) is 25.9 Å². The zero-order valence-corrected chi connectivity index (χ0v) is 8.95. The Morgan fingerprint density at radius 2 is 2.29 bits per heavy atom. The molecule has 0 amide bonds. The van der Waals surface area contributed by atoms with Crippen molar-refractivity contribution < 1.29 is 10.2 Å². The topological polar surface area (TPSA) is 43.7 Å². The van der Waals surface area contributed by atoms with E-state index >= 15 is 0 Å². The van der Waals surface area contributed by atoms with Gasteiger partial charge in [-0.1, -0.05) is 17.7 Å². The van der Waals surface area contributed by atoms with Crippen molar-refractivity contribution in [3.8, 4) is 0 Å². The first-order chi connectivity index (χ1) is 6.50. The molecule has 1 atom stereocenters. The fourth-order valence-electron chi connectivity index (χ4n) is 1.76. The van der Waals surface area contributed by atoms with Crippen LogP contribution in [0.3, 0.4) is 0 Å². The van der Waals surface area contributed by atoms with Crippen molar-refractivity contribution in [1.82, 2.24) is 4.90 Å². The van der Waals surface area contributed by atoms with E-state index in [2.05, 4.69) is 25.5 Å². The highest BCUT2D eigenvalue weighted by Gasteiger charge is 2.17. The fraction of sp³-hybridized carbons (Fsp3) is 0.636. The monoisotopic (exact) mass is 197 g/mol. The van der Waals surface area contributed by atoms with Crippen LogP contribution in [0.25, 0.3) is 0 Å². The summed E-state index contributed by atoms with van der Waals surface area (Å²) in [5.74, 6) is -0.135. The van der Waals surface area contributed by atoms with Crippen LogP contribution in [0, 0.1) is 0 Å². The molecule has 0 spiro atoms. The Balaban J connectivity index is 2.60. The zero-order chi connectivity index (χ0) is 10.7. The maximum Gasteiger partial charge on any atom is 0.114 e. The van der Waals surface area contributed by atoms with Crippen LogP contribution in [0.2, 0.25) is 0 Å². The van der Waals surface area contributed by atoms with Crippen molar-refractivity contribution in [3.63, 3.8) is 0 Å². The molecule has 0 aromatic carbocycles. The Hall–Kier alpha value is -0.800. The van der Waals surface area contributed by atoms with Gasteiger partial charge in [-0.25, -0.2) is 0 Å². The van der Waals surface area contributed by atoms with Crippen molar-refractivity contribution in [1.29, 1.82) is 0 Å². The molecule has 80 valence electrons. The lowest BCUT2D eigenvalue weighted by Gasteiger charge is -2.27. The molecule has 0 bridgehead atoms. The largest absolute Gasteiger partial charge is 0.510 e. The van der Waals surface area contributed by atoms with Crippen LogP contribution in [0.1, 0.15) is 19.8 Å². The molecule has 0 radical (unpaired) electrons. The van der Waals surface area contributed by atoms with E-state index in [-0.39, 0.29) is 5.76 Å². The summed E-state index contributed by atoms with van der Waals surface area (Å²) in [5.41, 5.74) is 2.56. The van der Waals surface area contributed by atoms with Crippen LogP contribution in [0.15, 0.2) is 23.5 Å². The van der Waals surface area contributed by atoms with E-state index in [4.69, 9.17) is 5.11 Å². The van der Waals surface area contributed by atoms with E-state index < -0.39 is 6.10 Å². The lowest BCUT2D eigenvalue weighted by molar-refractivity contribution is 0.151. The van der Waals surface area contributed by atoms with Crippen LogP contribution in [-0.4, -0.2) is 41.4 Å². The van der Waals surface area contributed by atoms with Gasteiger partial charge in [0.15, 0.2) is 0 Å². The zero-order valence-electron chi connectivity index (χ0n) is 8.95. The van der Waals surface area contributed by atoms with Crippen molar-refractivity contribution in [2.24, 2.45) is 0 Å². The summed E-state index contributed by atoms with van der Waals surface area (Å²) in [5, 5.41) is 18.5. The summed E-state index contributed by atoms with van der Waals surface area (Å²) in [6.07, 6.45) is 0.699. The molecule has 0 aromatic heterocycles. The van der Waals surface area contributed by atoms with Gasteiger partial charge >= 0.3 is 0 Å². The van der Waals surface area contributed by atoms with Gasteiger partial charge in [-0.05, 0) is 20.4 Å². The summed E-state index contributed by atoms with van der Waals surface area (Å²) >= 11 is 0. The van der Waals surface area contributed by atoms with Crippen LogP contribution in [0.4, 0.5) is 0 Å². The quantitative estimate of drug-likeness (QED) is 0.532. The number of rotatable bonds is 3. The molecule has 1 rings (SSSR count). The Labute approximate surface area is 85.4 Å². The highest BCUT2D eigenvalue weighted by atomic mass is 16.3. The van der Waals surface area contributed by atoms with Crippen LogP contribution >= 0.6 is 0 Å². The highest BCUT2D eigenvalue weighted by molar-refractivity contribution is 5.19. The van der Waals surface area contributed by atoms with Gasteiger partial charge in [-0.2, -0.15) is 0 Å². The van der Waals surface area contributed by atoms with Gasteiger partial charge in [0.05, 0.1) is 0 Å². The van der Waals surface area contributed by atoms with Crippen LogP contribution in [0.5, 0.6) is 0 Å². The summed E-state index contributed by atoms with van der Waals surface area (Å²) in [6.45, 7) is 7.40. The molecule has 1 aliphatic heterocycles. The molecule has 14 heavy (non-hydrogen) atoms. The number of hydrogen-bond donors (Lipinski definition) is 2. The molecule has 0 aromatic rings. The first-order valence-electron chi connectivity index (χ1n) is 4.92. The summed E-state index contributed by atoms with van der Waals surface area (Å²) in [4.78, 5) is 2.25. The maximum absolute atomic E-state index is 9.47. The number of aliphatic hydroxyl groups excluding tert-OH is 2. The Bertz CT molecular complexity index is 258. The van der Waals surface area contributed by atoms with Gasteiger partial charge in [0.25, 0.3) is 0 Å². The second kappa shape index (κ2) is 4.62. The minimum Gasteiger partial charge on any atom is -0.510 e. The molecular weight excluding hydrogens is 178 g/mol. The summed E-state index contributed by atoms with van der Waals surface area (Å²) in [7, 11) is 2.09. The minimum absolute atomic E-state index is 0.135. The Morgan fingerprint density at radius 1 is 1.64 bits per heavy atom. The molecule has 0 saturated heterocycles. The molecule has 0 fully saturated rings. The summed E-state index contributed by atoms with van der Waals surface area (Å²) < 4.78 is 0. The molecule has 0 saturated carbocycles. The molecule has 3 heteroatoms. The van der Waals surface area contributed by atoms with Gasteiger partial charge < -0.3 is 15.1 Å².